The van der Waals surface area contributed by atoms with Crippen molar-refractivity contribution in [2.75, 3.05) is 0 Å². The molecule has 0 spiro atoms. The molecule has 2 aromatic carbocycles. The Kier molecular flexibility index (Phi) is 3.53. The third-order valence-electron chi connectivity index (χ3n) is 2.75. The van der Waals surface area contributed by atoms with Gasteiger partial charge in [-0.25, -0.2) is 13.6 Å². The van der Waals surface area contributed by atoms with Crippen LogP contribution >= 0.6 is 11.6 Å². The highest BCUT2D eigenvalue weighted by atomic mass is 35.5. The lowest BCUT2D eigenvalue weighted by Crippen LogP contribution is -2.03. The quantitative estimate of drug-likeness (QED) is 0.892. The van der Waals surface area contributed by atoms with Crippen molar-refractivity contribution in [1.29, 1.82) is 0 Å². The van der Waals surface area contributed by atoms with E-state index in [2.05, 4.69) is 0 Å². The van der Waals surface area contributed by atoms with E-state index >= 15 is 0 Å². The van der Waals surface area contributed by atoms with E-state index in [4.69, 9.17) is 16.7 Å². The fraction of sp³-hybridized carbons (Fsp3) is 0.0714. The van der Waals surface area contributed by atoms with E-state index in [1.54, 1.807) is 0 Å². The van der Waals surface area contributed by atoms with Gasteiger partial charge in [0.1, 0.15) is 11.6 Å². The molecule has 1 N–H and O–H groups in total. The van der Waals surface area contributed by atoms with Crippen molar-refractivity contribution >= 4 is 17.6 Å². The van der Waals surface area contributed by atoms with Crippen molar-refractivity contribution in [3.63, 3.8) is 0 Å². The Morgan fingerprint density at radius 3 is 2.37 bits per heavy atom. The summed E-state index contributed by atoms with van der Waals surface area (Å²) in [4.78, 5) is 11.1. The molecule has 0 saturated carbocycles. The molecule has 0 unspecified atom stereocenters. The number of carbonyl (C=O) groups is 1. The van der Waals surface area contributed by atoms with E-state index in [9.17, 15) is 13.6 Å². The van der Waals surface area contributed by atoms with E-state index in [0.29, 0.717) is 0 Å². The molecular weight excluding hydrogens is 274 g/mol. The molecule has 0 radical (unpaired) electrons. The topological polar surface area (TPSA) is 37.3 Å². The van der Waals surface area contributed by atoms with Gasteiger partial charge in [-0.1, -0.05) is 11.6 Å². The highest BCUT2D eigenvalue weighted by Gasteiger charge is 2.17. The number of hydrogen-bond donors (Lipinski definition) is 1. The normalized spacial score (nSPS) is 10.5. The van der Waals surface area contributed by atoms with Crippen LogP contribution in [-0.4, -0.2) is 11.1 Å². The highest BCUT2D eigenvalue weighted by molar-refractivity contribution is 6.30. The second kappa shape index (κ2) is 4.97. The zero-order valence-electron chi connectivity index (χ0n) is 9.88. The van der Waals surface area contributed by atoms with Crippen LogP contribution in [0.15, 0.2) is 30.3 Å². The third kappa shape index (κ3) is 2.58. The van der Waals surface area contributed by atoms with Crippen LogP contribution < -0.4 is 0 Å². The molecule has 0 atom stereocenters. The van der Waals surface area contributed by atoms with E-state index in [1.165, 1.54) is 25.1 Å². The molecular formula is C14H9ClF2O2. The summed E-state index contributed by atoms with van der Waals surface area (Å²) in [5, 5.41) is 9.28. The molecule has 0 amide bonds. The number of hydrogen-bond acceptors (Lipinski definition) is 1. The average Bonchev–Trinajstić information content (AvgIpc) is 2.32. The molecule has 0 aromatic heterocycles. The lowest BCUT2D eigenvalue weighted by atomic mass is 9.97. The fourth-order valence-electron chi connectivity index (χ4n) is 1.79. The smallest absolute Gasteiger partial charge is 0.336 e. The molecule has 2 aromatic rings. The number of aryl methyl sites for hydroxylation is 1. The summed E-state index contributed by atoms with van der Waals surface area (Å²) in [6, 6.07) is 6.11. The van der Waals surface area contributed by atoms with Gasteiger partial charge in [0.15, 0.2) is 0 Å². The average molecular weight is 283 g/mol. The Bertz CT molecular complexity index is 669. The van der Waals surface area contributed by atoms with Crippen molar-refractivity contribution in [3.05, 3.63) is 58.1 Å². The number of carboxylic acids is 1. The summed E-state index contributed by atoms with van der Waals surface area (Å²) in [6.07, 6.45) is 0. The van der Waals surface area contributed by atoms with E-state index < -0.39 is 17.6 Å². The van der Waals surface area contributed by atoms with Gasteiger partial charge < -0.3 is 5.11 Å². The van der Waals surface area contributed by atoms with Crippen LogP contribution in [0.1, 0.15) is 15.9 Å². The SMILES string of the molecule is Cc1cc(-c2ccc(Cl)cc2F)c(C(=O)O)cc1F. The van der Waals surface area contributed by atoms with Crippen molar-refractivity contribution in [2.45, 2.75) is 6.92 Å². The maximum atomic E-state index is 13.8. The van der Waals surface area contributed by atoms with Gasteiger partial charge in [0.05, 0.1) is 5.56 Å². The molecule has 0 bridgehead atoms. The maximum absolute atomic E-state index is 13.8. The fourth-order valence-corrected chi connectivity index (χ4v) is 1.95. The third-order valence-corrected chi connectivity index (χ3v) is 2.99. The first kappa shape index (κ1) is 13.5. The molecule has 98 valence electrons. The number of rotatable bonds is 2. The van der Waals surface area contributed by atoms with Crippen LogP contribution in [-0.2, 0) is 0 Å². The van der Waals surface area contributed by atoms with Crippen molar-refractivity contribution < 1.29 is 18.7 Å². The molecule has 0 saturated heterocycles. The first-order valence-corrected chi connectivity index (χ1v) is 5.77. The first-order valence-electron chi connectivity index (χ1n) is 5.39. The minimum absolute atomic E-state index is 0.0740. The number of benzene rings is 2. The van der Waals surface area contributed by atoms with Gasteiger partial charge in [-0.3, -0.25) is 0 Å². The van der Waals surface area contributed by atoms with Crippen LogP contribution in [0.25, 0.3) is 11.1 Å². The second-order valence-corrected chi connectivity index (χ2v) is 4.51. The zero-order chi connectivity index (χ0) is 14.2. The summed E-state index contributed by atoms with van der Waals surface area (Å²) < 4.78 is 27.3. The van der Waals surface area contributed by atoms with E-state index in [0.717, 1.165) is 12.1 Å². The molecule has 0 aliphatic heterocycles. The Morgan fingerprint density at radius 1 is 1.11 bits per heavy atom. The number of carboxylic acid groups (broad SMARTS) is 1. The summed E-state index contributed by atoms with van der Waals surface area (Å²) >= 11 is 5.65. The molecule has 2 nitrogen and oxygen atoms in total. The predicted octanol–water partition coefficient (Wildman–Crippen LogP) is 4.29. The molecule has 0 heterocycles. The first-order chi connectivity index (χ1) is 8.90. The van der Waals surface area contributed by atoms with Gasteiger partial charge in [0, 0.05) is 10.6 Å². The van der Waals surface area contributed by atoms with Crippen LogP contribution in [0.3, 0.4) is 0 Å². The van der Waals surface area contributed by atoms with Crippen LogP contribution in [0, 0.1) is 18.6 Å². The summed E-state index contributed by atoms with van der Waals surface area (Å²) in [5.74, 6) is -2.61. The van der Waals surface area contributed by atoms with Crippen molar-refractivity contribution in [2.24, 2.45) is 0 Å². The molecule has 2 rings (SSSR count). The van der Waals surface area contributed by atoms with Crippen molar-refractivity contribution in [1.82, 2.24) is 0 Å². The Hall–Kier alpha value is -1.94. The monoisotopic (exact) mass is 282 g/mol. The van der Waals surface area contributed by atoms with Crippen LogP contribution in [0.5, 0.6) is 0 Å². The van der Waals surface area contributed by atoms with E-state index in [-0.39, 0.29) is 27.3 Å². The van der Waals surface area contributed by atoms with Crippen molar-refractivity contribution in [3.8, 4) is 11.1 Å². The molecule has 19 heavy (non-hydrogen) atoms. The highest BCUT2D eigenvalue weighted by Crippen LogP contribution is 2.30. The lowest BCUT2D eigenvalue weighted by Gasteiger charge is -2.10. The summed E-state index contributed by atoms with van der Waals surface area (Å²) in [5.41, 5.74) is 0.157. The van der Waals surface area contributed by atoms with Crippen LogP contribution in [0.4, 0.5) is 8.78 Å². The zero-order valence-corrected chi connectivity index (χ0v) is 10.6. The lowest BCUT2D eigenvalue weighted by molar-refractivity contribution is 0.0697. The van der Waals surface area contributed by atoms with Gasteiger partial charge >= 0.3 is 5.97 Å². The summed E-state index contributed by atoms with van der Waals surface area (Å²) in [6.45, 7) is 1.48. The molecule has 0 aliphatic carbocycles. The van der Waals surface area contributed by atoms with Gasteiger partial charge in [-0.2, -0.15) is 0 Å². The Labute approximate surface area is 113 Å². The van der Waals surface area contributed by atoms with Gasteiger partial charge in [0.2, 0.25) is 0 Å². The van der Waals surface area contributed by atoms with Gasteiger partial charge in [-0.05, 0) is 48.4 Å². The minimum Gasteiger partial charge on any atom is -0.478 e. The number of aromatic carboxylic acids is 1. The number of halogens is 3. The summed E-state index contributed by atoms with van der Waals surface area (Å²) in [7, 11) is 0. The minimum atomic E-state index is -1.32. The standard InChI is InChI=1S/C14H9ClF2O2/c1-7-4-10(11(14(18)19)6-12(7)16)9-3-2-8(15)5-13(9)17/h2-6H,1H3,(H,18,19). The van der Waals surface area contributed by atoms with Gasteiger partial charge in [0.25, 0.3) is 0 Å². The largest absolute Gasteiger partial charge is 0.478 e. The predicted molar refractivity (Wildman–Crippen MR) is 68.5 cm³/mol. The van der Waals surface area contributed by atoms with Gasteiger partial charge in [-0.15, -0.1) is 0 Å². The second-order valence-electron chi connectivity index (χ2n) is 4.08. The molecule has 5 heteroatoms. The molecule has 0 aliphatic rings. The van der Waals surface area contributed by atoms with E-state index in [1.807, 2.05) is 0 Å². The van der Waals surface area contributed by atoms with Crippen LogP contribution in [0.2, 0.25) is 5.02 Å². The molecule has 0 fully saturated rings. The Balaban J connectivity index is 2.73. The Morgan fingerprint density at radius 2 is 1.79 bits per heavy atom. The maximum Gasteiger partial charge on any atom is 0.336 e.